The number of rotatable bonds is 6. The maximum absolute atomic E-state index is 12.5. The minimum atomic E-state index is -3.63. The second-order valence-electron chi connectivity index (χ2n) is 5.89. The highest BCUT2D eigenvalue weighted by Gasteiger charge is 2.14. The standard InChI is InChI=1S/C20H16N4O2S2/c25-28(26,24-17-4-2-1-3-5-17)18-8-6-16(7-9-18)22-20-23-19(14-27-20)15-10-12-21-13-11-15/h1-14,24H,(H,22,23). The number of aromatic nitrogens is 2. The van der Waals surface area contributed by atoms with Gasteiger partial charge in [0.25, 0.3) is 10.0 Å². The largest absolute Gasteiger partial charge is 0.332 e. The van der Waals surface area contributed by atoms with Gasteiger partial charge in [-0.05, 0) is 48.5 Å². The van der Waals surface area contributed by atoms with Gasteiger partial charge in [-0.3, -0.25) is 9.71 Å². The Labute approximate surface area is 167 Å². The lowest BCUT2D eigenvalue weighted by molar-refractivity contribution is 0.601. The van der Waals surface area contributed by atoms with Crippen molar-refractivity contribution in [2.24, 2.45) is 0 Å². The zero-order valence-electron chi connectivity index (χ0n) is 14.6. The van der Waals surface area contributed by atoms with Gasteiger partial charge >= 0.3 is 0 Å². The van der Waals surface area contributed by atoms with Crippen LogP contribution in [0.25, 0.3) is 11.3 Å². The summed E-state index contributed by atoms with van der Waals surface area (Å²) in [7, 11) is -3.63. The van der Waals surface area contributed by atoms with E-state index in [9.17, 15) is 8.42 Å². The third-order valence-corrected chi connectivity index (χ3v) is 6.08. The van der Waals surface area contributed by atoms with Crippen LogP contribution in [0.5, 0.6) is 0 Å². The van der Waals surface area contributed by atoms with Gasteiger partial charge in [0, 0.05) is 34.7 Å². The second-order valence-corrected chi connectivity index (χ2v) is 8.44. The molecule has 0 saturated carbocycles. The molecular formula is C20H16N4O2S2. The maximum Gasteiger partial charge on any atom is 0.261 e. The molecule has 8 heteroatoms. The van der Waals surface area contributed by atoms with Crippen LogP contribution < -0.4 is 10.0 Å². The molecule has 4 aromatic rings. The Balaban J connectivity index is 1.47. The summed E-state index contributed by atoms with van der Waals surface area (Å²) in [6.45, 7) is 0. The fraction of sp³-hybridized carbons (Fsp3) is 0. The van der Waals surface area contributed by atoms with Gasteiger partial charge < -0.3 is 5.32 Å². The number of benzene rings is 2. The minimum Gasteiger partial charge on any atom is -0.332 e. The van der Waals surface area contributed by atoms with Crippen LogP contribution in [0.4, 0.5) is 16.5 Å². The Morgan fingerprint density at radius 2 is 1.54 bits per heavy atom. The van der Waals surface area contributed by atoms with Gasteiger partial charge in [-0.15, -0.1) is 11.3 Å². The molecule has 0 fully saturated rings. The van der Waals surface area contributed by atoms with Gasteiger partial charge in [0.1, 0.15) is 0 Å². The zero-order valence-corrected chi connectivity index (χ0v) is 16.2. The first-order valence-electron chi connectivity index (χ1n) is 8.41. The van der Waals surface area contributed by atoms with Gasteiger partial charge in [-0.25, -0.2) is 13.4 Å². The molecule has 140 valence electrons. The number of pyridine rings is 1. The predicted octanol–water partition coefficient (Wildman–Crippen LogP) is 4.75. The first kappa shape index (κ1) is 18.1. The van der Waals surface area contributed by atoms with Crippen molar-refractivity contribution >= 4 is 37.9 Å². The van der Waals surface area contributed by atoms with Gasteiger partial charge in [0.15, 0.2) is 5.13 Å². The van der Waals surface area contributed by atoms with Gasteiger partial charge in [0.2, 0.25) is 0 Å². The monoisotopic (exact) mass is 408 g/mol. The summed E-state index contributed by atoms with van der Waals surface area (Å²) in [5, 5.41) is 5.88. The van der Waals surface area contributed by atoms with Crippen molar-refractivity contribution in [2.75, 3.05) is 10.0 Å². The molecule has 0 bridgehead atoms. The molecule has 0 aliphatic carbocycles. The van der Waals surface area contributed by atoms with E-state index in [2.05, 4.69) is 20.0 Å². The molecule has 28 heavy (non-hydrogen) atoms. The minimum absolute atomic E-state index is 0.193. The predicted molar refractivity (Wildman–Crippen MR) is 112 cm³/mol. The van der Waals surface area contributed by atoms with E-state index < -0.39 is 10.0 Å². The summed E-state index contributed by atoms with van der Waals surface area (Å²) in [5.74, 6) is 0. The van der Waals surface area contributed by atoms with E-state index in [-0.39, 0.29) is 4.90 Å². The van der Waals surface area contributed by atoms with Gasteiger partial charge in [0.05, 0.1) is 10.6 Å². The fourth-order valence-corrected chi connectivity index (χ4v) is 4.35. The summed E-state index contributed by atoms with van der Waals surface area (Å²) < 4.78 is 27.5. The number of sulfonamides is 1. The van der Waals surface area contributed by atoms with Crippen molar-refractivity contribution < 1.29 is 8.42 Å². The molecule has 0 atom stereocenters. The van der Waals surface area contributed by atoms with E-state index in [4.69, 9.17) is 0 Å². The number of nitrogens with zero attached hydrogens (tertiary/aromatic N) is 2. The lowest BCUT2D eigenvalue weighted by Crippen LogP contribution is -2.12. The highest BCUT2D eigenvalue weighted by atomic mass is 32.2. The van der Waals surface area contributed by atoms with E-state index in [1.807, 2.05) is 23.6 Å². The summed E-state index contributed by atoms with van der Waals surface area (Å²) in [6.07, 6.45) is 3.45. The lowest BCUT2D eigenvalue weighted by atomic mass is 10.2. The number of anilines is 3. The van der Waals surface area contributed by atoms with Crippen LogP contribution in [0, 0.1) is 0 Å². The van der Waals surface area contributed by atoms with E-state index in [1.54, 1.807) is 60.9 Å². The Kier molecular flexibility index (Phi) is 5.05. The summed E-state index contributed by atoms with van der Waals surface area (Å²) >= 11 is 1.48. The Morgan fingerprint density at radius 1 is 0.821 bits per heavy atom. The Bertz CT molecular complexity index is 1160. The molecule has 0 saturated heterocycles. The molecule has 2 N–H and O–H groups in total. The van der Waals surface area contributed by atoms with Crippen molar-refractivity contribution in [1.29, 1.82) is 0 Å². The fourth-order valence-electron chi connectivity index (χ4n) is 2.55. The number of nitrogens with one attached hydrogen (secondary N) is 2. The number of hydrogen-bond donors (Lipinski definition) is 2. The Morgan fingerprint density at radius 3 is 2.25 bits per heavy atom. The van der Waals surface area contributed by atoms with Crippen molar-refractivity contribution in [3.8, 4) is 11.3 Å². The summed E-state index contributed by atoms with van der Waals surface area (Å²) in [5.41, 5.74) is 3.14. The van der Waals surface area contributed by atoms with Crippen LogP contribution in [0.1, 0.15) is 0 Å². The molecule has 0 spiro atoms. The topological polar surface area (TPSA) is 84.0 Å². The van der Waals surface area contributed by atoms with E-state index >= 15 is 0 Å². The quantitative estimate of drug-likeness (QED) is 0.481. The molecule has 2 aromatic heterocycles. The van der Waals surface area contributed by atoms with Crippen LogP contribution in [-0.2, 0) is 10.0 Å². The average Bonchev–Trinajstić information content (AvgIpc) is 3.18. The van der Waals surface area contributed by atoms with Crippen molar-refractivity contribution in [3.63, 3.8) is 0 Å². The normalized spacial score (nSPS) is 11.1. The average molecular weight is 409 g/mol. The van der Waals surface area contributed by atoms with Crippen LogP contribution in [0.3, 0.4) is 0 Å². The first-order chi connectivity index (χ1) is 13.6. The molecule has 0 aliphatic heterocycles. The highest BCUT2D eigenvalue weighted by molar-refractivity contribution is 7.92. The smallest absolute Gasteiger partial charge is 0.261 e. The molecule has 0 aliphatic rings. The van der Waals surface area contributed by atoms with Crippen LogP contribution in [0.2, 0.25) is 0 Å². The molecule has 0 radical (unpaired) electrons. The summed E-state index contributed by atoms with van der Waals surface area (Å²) in [6, 6.07) is 19.1. The number of para-hydroxylation sites is 1. The van der Waals surface area contributed by atoms with Crippen LogP contribution in [0.15, 0.2) is 89.4 Å². The molecule has 0 unspecified atom stereocenters. The maximum atomic E-state index is 12.5. The lowest BCUT2D eigenvalue weighted by Gasteiger charge is -2.09. The number of hydrogen-bond acceptors (Lipinski definition) is 6. The molecule has 2 aromatic carbocycles. The van der Waals surface area contributed by atoms with Crippen molar-refractivity contribution in [3.05, 3.63) is 84.5 Å². The third kappa shape index (κ3) is 4.19. The van der Waals surface area contributed by atoms with Crippen LogP contribution >= 0.6 is 11.3 Å². The van der Waals surface area contributed by atoms with E-state index in [1.165, 1.54) is 11.3 Å². The van der Waals surface area contributed by atoms with Gasteiger partial charge in [-0.1, -0.05) is 18.2 Å². The molecular weight excluding hydrogens is 392 g/mol. The zero-order chi connectivity index (χ0) is 19.4. The third-order valence-electron chi connectivity index (χ3n) is 3.92. The molecule has 0 amide bonds. The molecule has 6 nitrogen and oxygen atoms in total. The van der Waals surface area contributed by atoms with E-state index in [0.29, 0.717) is 5.69 Å². The van der Waals surface area contributed by atoms with Crippen molar-refractivity contribution in [2.45, 2.75) is 4.90 Å². The second kappa shape index (κ2) is 7.79. The van der Waals surface area contributed by atoms with E-state index in [0.717, 1.165) is 22.1 Å². The van der Waals surface area contributed by atoms with Gasteiger partial charge in [-0.2, -0.15) is 0 Å². The highest BCUT2D eigenvalue weighted by Crippen LogP contribution is 2.27. The number of thiazole rings is 1. The van der Waals surface area contributed by atoms with Crippen molar-refractivity contribution in [1.82, 2.24) is 9.97 Å². The summed E-state index contributed by atoms with van der Waals surface area (Å²) in [4.78, 5) is 8.75. The first-order valence-corrected chi connectivity index (χ1v) is 10.8. The van der Waals surface area contributed by atoms with Crippen LogP contribution in [-0.4, -0.2) is 18.4 Å². The molecule has 2 heterocycles. The Hall–Kier alpha value is -3.23. The molecule has 4 rings (SSSR count). The SMILES string of the molecule is O=S(=O)(Nc1ccccc1)c1ccc(Nc2nc(-c3ccncc3)cs2)cc1.